The maximum absolute atomic E-state index is 2.45. The highest BCUT2D eigenvalue weighted by atomic mass is 14.4. The van der Waals surface area contributed by atoms with E-state index >= 15 is 0 Å². The zero-order valence-electron chi connectivity index (χ0n) is 24.4. The van der Waals surface area contributed by atoms with E-state index in [0.29, 0.717) is 0 Å². The predicted molar refractivity (Wildman–Crippen MR) is 198 cm³/mol. The van der Waals surface area contributed by atoms with Crippen LogP contribution in [0.3, 0.4) is 0 Å². The molecule has 0 amide bonds. The van der Waals surface area contributed by atoms with Gasteiger partial charge in [-0.15, -0.1) is 0 Å². The van der Waals surface area contributed by atoms with Crippen LogP contribution in [0.4, 0.5) is 0 Å². The van der Waals surface area contributed by atoms with Gasteiger partial charge in [0.2, 0.25) is 0 Å². The Morgan fingerprint density at radius 3 is 0.409 bits per heavy atom. The SMILES string of the molecule is CB(C)C.c1cc2c3ccc4c5ccc6c7ccc8c9ccc%10c1c1c2c2c3c4c3c5c6c4c7c8c5c9c%10c1c1c2c3c4c51. The van der Waals surface area contributed by atoms with Gasteiger partial charge in [0.1, 0.15) is 6.71 Å². The Hall–Kier alpha value is -5.14. The summed E-state index contributed by atoms with van der Waals surface area (Å²) >= 11 is 0. The van der Waals surface area contributed by atoms with Gasteiger partial charge >= 0.3 is 0 Å². The van der Waals surface area contributed by atoms with Crippen LogP contribution in [-0.2, 0) is 0 Å². The normalized spacial score (nSPS) is 14.7. The Labute approximate surface area is 248 Å². The van der Waals surface area contributed by atoms with Gasteiger partial charge < -0.3 is 0 Å². The van der Waals surface area contributed by atoms with E-state index in [1.807, 2.05) is 0 Å². The summed E-state index contributed by atoms with van der Waals surface area (Å²) in [4.78, 5) is 0. The lowest BCUT2D eigenvalue weighted by atomic mass is 9.58. The summed E-state index contributed by atoms with van der Waals surface area (Å²) in [6.07, 6.45) is 0. The highest BCUT2D eigenvalue weighted by molar-refractivity contribution is 6.70. The minimum absolute atomic E-state index is 0.833. The smallest absolute Gasteiger partial charge is 0.0865 e. The van der Waals surface area contributed by atoms with Gasteiger partial charge in [-0.1, -0.05) is 81.1 Å². The minimum Gasteiger partial charge on any atom is -0.0865 e. The Morgan fingerprint density at radius 1 is 0.205 bits per heavy atom. The fraction of sp³-hybridized carbons (Fsp3) is 0.0698. The lowest BCUT2D eigenvalue weighted by Crippen LogP contribution is -1.84. The molecule has 0 heterocycles. The molecule has 0 aliphatic heterocycles. The van der Waals surface area contributed by atoms with E-state index in [-0.39, 0.29) is 0 Å². The number of hydrogen-bond acceptors (Lipinski definition) is 0. The first-order valence-corrected chi connectivity index (χ1v) is 16.3. The second-order valence-electron chi connectivity index (χ2n) is 15.0. The van der Waals surface area contributed by atoms with Crippen LogP contribution >= 0.6 is 0 Å². The molecule has 0 radical (unpaired) electrons. The number of benzene rings is 10. The van der Waals surface area contributed by atoms with Crippen LogP contribution in [0.1, 0.15) is 0 Å². The van der Waals surface area contributed by atoms with E-state index in [4.69, 9.17) is 0 Å². The first kappa shape index (κ1) is 19.9. The van der Waals surface area contributed by atoms with Crippen LogP contribution < -0.4 is 0 Å². The Bertz CT molecular complexity index is 2940. The molecule has 0 atom stereocenters. The van der Waals surface area contributed by atoms with Crippen molar-refractivity contribution in [2.75, 3.05) is 0 Å². The summed E-state index contributed by atoms with van der Waals surface area (Å²) < 4.78 is 0. The van der Waals surface area contributed by atoms with E-state index in [1.165, 1.54) is 108 Å². The monoisotopic (exact) mass is 546 g/mol. The van der Waals surface area contributed by atoms with Gasteiger partial charge in [0.15, 0.2) is 0 Å². The maximum Gasteiger partial charge on any atom is 0.130 e. The van der Waals surface area contributed by atoms with Crippen molar-refractivity contribution in [3.63, 3.8) is 0 Å². The minimum atomic E-state index is 0.833. The highest BCUT2D eigenvalue weighted by Gasteiger charge is 2.38. The van der Waals surface area contributed by atoms with Gasteiger partial charge in [0, 0.05) is 0 Å². The lowest BCUT2D eigenvalue weighted by Gasteiger charge is -2.11. The number of fused-ring (bicyclic) bond motifs is 5. The molecule has 0 nitrogen and oxygen atoms in total. The third kappa shape index (κ3) is 1.47. The summed E-state index contributed by atoms with van der Waals surface area (Å²) in [7, 11) is 0. The Kier molecular flexibility index (Phi) is 2.43. The third-order valence-corrected chi connectivity index (χ3v) is 12.5. The Balaban J connectivity index is 0.000000501. The van der Waals surface area contributed by atoms with Crippen molar-refractivity contribution in [3.05, 3.63) is 60.7 Å². The van der Waals surface area contributed by atoms with Gasteiger partial charge in [0.25, 0.3) is 0 Å². The summed E-state index contributed by atoms with van der Waals surface area (Å²) in [5.41, 5.74) is 0. The third-order valence-electron chi connectivity index (χ3n) is 12.5. The van der Waals surface area contributed by atoms with E-state index in [0.717, 1.165) is 6.71 Å². The first-order chi connectivity index (χ1) is 21.6. The van der Waals surface area contributed by atoms with Gasteiger partial charge in [-0.2, -0.15) is 0 Å². The van der Waals surface area contributed by atoms with Gasteiger partial charge in [-0.3, -0.25) is 0 Å². The predicted octanol–water partition coefficient (Wildman–Crippen LogP) is 13.0. The molecule has 194 valence electrons. The van der Waals surface area contributed by atoms with Crippen molar-refractivity contribution in [2.45, 2.75) is 20.5 Å². The van der Waals surface area contributed by atoms with Crippen molar-refractivity contribution in [3.8, 4) is 0 Å². The van der Waals surface area contributed by atoms with Gasteiger partial charge in [-0.05, 0) is 162 Å². The maximum atomic E-state index is 2.45. The molecule has 0 bridgehead atoms. The van der Waals surface area contributed by atoms with Crippen molar-refractivity contribution >= 4 is 168 Å². The van der Waals surface area contributed by atoms with Crippen LogP contribution in [0.25, 0.3) is 162 Å². The van der Waals surface area contributed by atoms with Crippen LogP contribution in [0.2, 0.25) is 20.5 Å². The fourth-order valence-electron chi connectivity index (χ4n) is 11.6. The molecule has 0 aromatic heterocycles. The van der Waals surface area contributed by atoms with Crippen LogP contribution in [0.15, 0.2) is 60.7 Å². The molecule has 0 fully saturated rings. The Morgan fingerprint density at radius 2 is 0.295 bits per heavy atom. The molecular formula is C43H19B. The van der Waals surface area contributed by atoms with Crippen LogP contribution in [0.5, 0.6) is 0 Å². The summed E-state index contributed by atoms with van der Waals surface area (Å²) in [5.74, 6) is 0. The summed E-state index contributed by atoms with van der Waals surface area (Å²) in [6.45, 7) is 7.33. The molecule has 0 aliphatic carbocycles. The van der Waals surface area contributed by atoms with Gasteiger partial charge in [0.05, 0.1) is 0 Å². The van der Waals surface area contributed by atoms with Crippen LogP contribution in [-0.4, -0.2) is 6.71 Å². The zero-order valence-corrected chi connectivity index (χ0v) is 24.4. The lowest BCUT2D eigenvalue weighted by molar-refractivity contribution is 1.91. The molecule has 44 heavy (non-hydrogen) atoms. The quantitative estimate of drug-likeness (QED) is 0.131. The summed E-state index contributed by atoms with van der Waals surface area (Å²) in [6, 6.07) is 24.5. The molecule has 0 unspecified atom stereocenters. The van der Waals surface area contributed by atoms with Crippen molar-refractivity contribution in [1.82, 2.24) is 0 Å². The average Bonchev–Trinajstić information content (AvgIpc) is 3.83. The largest absolute Gasteiger partial charge is 0.130 e. The molecule has 16 aromatic carbocycles. The molecule has 16 rings (SSSR count). The molecular weight excluding hydrogens is 527 g/mol. The van der Waals surface area contributed by atoms with Gasteiger partial charge in [-0.25, -0.2) is 0 Å². The topological polar surface area (TPSA) is 0 Å². The molecule has 0 saturated carbocycles. The van der Waals surface area contributed by atoms with E-state index in [2.05, 4.69) is 81.1 Å². The molecule has 0 aliphatic rings. The van der Waals surface area contributed by atoms with Crippen molar-refractivity contribution in [1.29, 1.82) is 0 Å². The second-order valence-corrected chi connectivity index (χ2v) is 15.0. The standard InChI is InChI=1S/C40H10.C3H9B/c1-2-12-14-5-6-16-18-9-10-20-19-8-7-17-15-4-3-13-11(1)21-22(12)32-24(14)26(16)34-29(18)30(20)35-28(19)27(17)33-25(15)23(13)31(21)36-37(32)39(34)40(35)38(33)36;1-4(2)3/h1-10H;1-3H3. The number of hydrogen-bond donors (Lipinski definition) is 0. The van der Waals surface area contributed by atoms with E-state index < -0.39 is 0 Å². The molecule has 0 saturated heterocycles. The molecule has 16 aromatic rings. The summed E-state index contributed by atoms with van der Waals surface area (Å²) in [5, 5.41) is 45.5. The highest BCUT2D eigenvalue weighted by Crippen LogP contribution is 2.67. The molecule has 0 spiro atoms. The van der Waals surface area contributed by atoms with Crippen molar-refractivity contribution in [2.24, 2.45) is 0 Å². The molecule has 1 heteroatoms. The average molecular weight is 546 g/mol. The van der Waals surface area contributed by atoms with Crippen LogP contribution in [0, 0.1) is 0 Å². The van der Waals surface area contributed by atoms with E-state index in [1.54, 1.807) is 53.9 Å². The first-order valence-electron chi connectivity index (χ1n) is 16.3. The molecule has 0 N–H and O–H groups in total. The van der Waals surface area contributed by atoms with Crippen molar-refractivity contribution < 1.29 is 0 Å². The fourth-order valence-corrected chi connectivity index (χ4v) is 11.6. The second kappa shape index (κ2) is 5.37. The zero-order chi connectivity index (χ0) is 28.0. The van der Waals surface area contributed by atoms with E-state index in [9.17, 15) is 0 Å². The number of rotatable bonds is 0.